The SMILES string of the molecule is COc1ccc(Cl)cc1CN(C)C(=O)c1ccccc1SCc1cscn1. The normalized spacial score (nSPS) is 10.6. The first-order valence-corrected chi connectivity index (χ1v) is 10.6. The quantitative estimate of drug-likeness (QED) is 0.484. The van der Waals surface area contributed by atoms with E-state index in [1.54, 1.807) is 48.2 Å². The van der Waals surface area contributed by atoms with Crippen molar-refractivity contribution in [3.05, 3.63) is 75.2 Å². The number of hydrogen-bond donors (Lipinski definition) is 0. The Balaban J connectivity index is 1.76. The van der Waals surface area contributed by atoms with E-state index in [9.17, 15) is 4.79 Å². The topological polar surface area (TPSA) is 42.4 Å². The summed E-state index contributed by atoms with van der Waals surface area (Å²) in [5.74, 6) is 1.41. The van der Waals surface area contributed by atoms with E-state index in [0.717, 1.165) is 21.9 Å². The van der Waals surface area contributed by atoms with Gasteiger partial charge in [0.25, 0.3) is 5.91 Å². The molecule has 0 unspecified atom stereocenters. The average molecular weight is 419 g/mol. The standard InChI is InChI=1S/C20H19ClN2O2S2/c1-23(10-14-9-15(21)7-8-18(14)25-2)20(24)17-5-3-4-6-19(17)27-12-16-11-26-13-22-16/h3-9,11,13H,10,12H2,1-2H3. The van der Waals surface area contributed by atoms with Crippen molar-refractivity contribution in [3.8, 4) is 5.75 Å². The van der Waals surface area contributed by atoms with Gasteiger partial charge in [-0.15, -0.1) is 23.1 Å². The minimum atomic E-state index is -0.0431. The molecule has 3 aromatic rings. The number of benzene rings is 2. The van der Waals surface area contributed by atoms with Crippen LogP contribution in [-0.4, -0.2) is 29.9 Å². The molecule has 1 aromatic heterocycles. The molecule has 7 heteroatoms. The van der Waals surface area contributed by atoms with Crippen molar-refractivity contribution in [1.29, 1.82) is 0 Å². The largest absolute Gasteiger partial charge is 0.496 e. The number of carbonyl (C=O) groups is 1. The van der Waals surface area contributed by atoms with Gasteiger partial charge in [-0.2, -0.15) is 0 Å². The summed E-state index contributed by atoms with van der Waals surface area (Å²) in [5.41, 5.74) is 4.39. The fraction of sp³-hybridized carbons (Fsp3) is 0.200. The van der Waals surface area contributed by atoms with Crippen molar-refractivity contribution >= 4 is 40.6 Å². The van der Waals surface area contributed by atoms with Gasteiger partial charge in [-0.1, -0.05) is 23.7 Å². The van der Waals surface area contributed by atoms with E-state index in [4.69, 9.17) is 16.3 Å². The van der Waals surface area contributed by atoms with Crippen molar-refractivity contribution in [1.82, 2.24) is 9.88 Å². The van der Waals surface area contributed by atoms with Gasteiger partial charge < -0.3 is 9.64 Å². The van der Waals surface area contributed by atoms with Gasteiger partial charge >= 0.3 is 0 Å². The molecule has 27 heavy (non-hydrogen) atoms. The molecule has 3 rings (SSSR count). The third-order valence-corrected chi connectivity index (χ3v) is 5.95. The van der Waals surface area contributed by atoms with Crippen molar-refractivity contribution in [2.45, 2.75) is 17.2 Å². The number of halogens is 1. The van der Waals surface area contributed by atoms with Gasteiger partial charge in [0.2, 0.25) is 0 Å². The molecule has 1 amide bonds. The van der Waals surface area contributed by atoms with Gasteiger partial charge in [-0.3, -0.25) is 4.79 Å². The van der Waals surface area contributed by atoms with Crippen LogP contribution in [0.1, 0.15) is 21.6 Å². The maximum Gasteiger partial charge on any atom is 0.255 e. The Morgan fingerprint density at radius 1 is 1.30 bits per heavy atom. The van der Waals surface area contributed by atoms with Crippen LogP contribution in [0.25, 0.3) is 0 Å². The third-order valence-electron chi connectivity index (χ3n) is 3.97. The Kier molecular flexibility index (Phi) is 6.77. The Morgan fingerprint density at radius 3 is 2.85 bits per heavy atom. The number of amides is 1. The van der Waals surface area contributed by atoms with Crippen LogP contribution in [0.2, 0.25) is 5.02 Å². The molecule has 0 saturated heterocycles. The molecule has 0 atom stereocenters. The zero-order valence-electron chi connectivity index (χ0n) is 15.0. The van der Waals surface area contributed by atoms with E-state index >= 15 is 0 Å². The number of nitrogens with zero attached hydrogens (tertiary/aromatic N) is 2. The van der Waals surface area contributed by atoms with E-state index in [0.29, 0.717) is 22.9 Å². The van der Waals surface area contributed by atoms with Crippen LogP contribution in [0.5, 0.6) is 5.75 Å². The van der Waals surface area contributed by atoms with Crippen LogP contribution in [0.15, 0.2) is 58.3 Å². The van der Waals surface area contributed by atoms with Gasteiger partial charge in [0.1, 0.15) is 5.75 Å². The predicted octanol–water partition coefficient (Wildman–Crippen LogP) is 5.37. The van der Waals surface area contributed by atoms with Crippen molar-refractivity contribution in [2.75, 3.05) is 14.2 Å². The van der Waals surface area contributed by atoms with Crippen molar-refractivity contribution in [2.24, 2.45) is 0 Å². The highest BCUT2D eigenvalue weighted by Gasteiger charge is 2.18. The molecule has 1 heterocycles. The van der Waals surface area contributed by atoms with E-state index in [1.165, 1.54) is 0 Å². The smallest absolute Gasteiger partial charge is 0.255 e. The summed E-state index contributed by atoms with van der Waals surface area (Å²) in [6.45, 7) is 0.410. The van der Waals surface area contributed by atoms with Gasteiger partial charge in [-0.05, 0) is 30.3 Å². The number of hydrogen-bond acceptors (Lipinski definition) is 5. The number of aromatic nitrogens is 1. The molecule has 140 valence electrons. The summed E-state index contributed by atoms with van der Waals surface area (Å²) >= 11 is 9.29. The fourth-order valence-electron chi connectivity index (χ4n) is 2.63. The number of carbonyl (C=O) groups excluding carboxylic acids is 1. The molecule has 0 aliphatic carbocycles. The lowest BCUT2D eigenvalue weighted by Gasteiger charge is -2.20. The summed E-state index contributed by atoms with van der Waals surface area (Å²) in [6.07, 6.45) is 0. The molecule has 0 radical (unpaired) electrons. The van der Waals surface area contributed by atoms with Gasteiger partial charge in [0.15, 0.2) is 0 Å². The lowest BCUT2D eigenvalue weighted by Crippen LogP contribution is -2.26. The van der Waals surface area contributed by atoms with E-state index < -0.39 is 0 Å². The Labute approximate surface area is 172 Å². The Hall–Kier alpha value is -2.02. The van der Waals surface area contributed by atoms with Crippen LogP contribution in [0.3, 0.4) is 0 Å². The number of ether oxygens (including phenoxy) is 1. The number of thioether (sulfide) groups is 1. The van der Waals surface area contributed by atoms with Crippen LogP contribution < -0.4 is 4.74 Å². The van der Waals surface area contributed by atoms with E-state index in [1.807, 2.05) is 47.3 Å². The zero-order chi connectivity index (χ0) is 19.2. The molecule has 0 bridgehead atoms. The molecule has 4 nitrogen and oxygen atoms in total. The fourth-order valence-corrected chi connectivity index (χ4v) is 4.44. The maximum atomic E-state index is 13.0. The summed E-state index contributed by atoms with van der Waals surface area (Å²) < 4.78 is 5.38. The second-order valence-electron chi connectivity index (χ2n) is 5.88. The van der Waals surface area contributed by atoms with Crippen molar-refractivity contribution in [3.63, 3.8) is 0 Å². The number of rotatable bonds is 7. The molecule has 0 fully saturated rings. The monoisotopic (exact) mass is 418 g/mol. The minimum Gasteiger partial charge on any atom is -0.496 e. The molecule has 0 spiro atoms. The zero-order valence-corrected chi connectivity index (χ0v) is 17.4. The summed E-state index contributed by atoms with van der Waals surface area (Å²) in [6, 6.07) is 13.1. The van der Waals surface area contributed by atoms with Crippen LogP contribution in [0, 0.1) is 0 Å². The third kappa shape index (κ3) is 5.03. The number of methoxy groups -OCH3 is 1. The molecule has 0 aliphatic rings. The number of thiazole rings is 1. The molecule has 0 aliphatic heterocycles. The van der Waals surface area contributed by atoms with E-state index in [2.05, 4.69) is 4.98 Å². The first-order valence-electron chi connectivity index (χ1n) is 8.25. The lowest BCUT2D eigenvalue weighted by atomic mass is 10.1. The Morgan fingerprint density at radius 2 is 2.11 bits per heavy atom. The van der Waals surface area contributed by atoms with Gasteiger partial charge in [0.05, 0.1) is 23.9 Å². The van der Waals surface area contributed by atoms with Crippen LogP contribution in [0.4, 0.5) is 0 Å². The highest BCUT2D eigenvalue weighted by atomic mass is 35.5. The molecule has 0 N–H and O–H groups in total. The summed E-state index contributed by atoms with van der Waals surface area (Å²) in [5, 5.41) is 2.64. The minimum absolute atomic E-state index is 0.0431. The second kappa shape index (κ2) is 9.26. The Bertz CT molecular complexity index is 916. The maximum absolute atomic E-state index is 13.0. The van der Waals surface area contributed by atoms with Crippen LogP contribution in [-0.2, 0) is 12.3 Å². The predicted molar refractivity (Wildman–Crippen MR) is 112 cm³/mol. The van der Waals surface area contributed by atoms with Gasteiger partial charge in [0, 0.05) is 40.2 Å². The van der Waals surface area contributed by atoms with Crippen molar-refractivity contribution < 1.29 is 9.53 Å². The first kappa shape index (κ1) is 19.7. The molecule has 0 saturated carbocycles. The molecular weight excluding hydrogens is 400 g/mol. The van der Waals surface area contributed by atoms with Crippen LogP contribution >= 0.6 is 34.7 Å². The highest BCUT2D eigenvalue weighted by Crippen LogP contribution is 2.28. The summed E-state index contributed by atoms with van der Waals surface area (Å²) in [7, 11) is 3.39. The van der Waals surface area contributed by atoms with E-state index in [-0.39, 0.29) is 5.91 Å². The lowest BCUT2D eigenvalue weighted by molar-refractivity contribution is 0.0781. The first-order chi connectivity index (χ1) is 13.1. The van der Waals surface area contributed by atoms with Gasteiger partial charge in [-0.25, -0.2) is 4.98 Å². The summed E-state index contributed by atoms with van der Waals surface area (Å²) in [4.78, 5) is 20.0. The molecular formula is C20H19ClN2O2S2. The molecule has 2 aromatic carbocycles. The average Bonchev–Trinajstić information content (AvgIpc) is 3.20. The highest BCUT2D eigenvalue weighted by molar-refractivity contribution is 7.98. The second-order valence-corrected chi connectivity index (χ2v) is 8.05.